The van der Waals surface area contributed by atoms with Crippen molar-refractivity contribution in [2.75, 3.05) is 26.7 Å². The Balaban J connectivity index is 0.00000364. The van der Waals surface area contributed by atoms with E-state index in [4.69, 9.17) is 0 Å². The summed E-state index contributed by atoms with van der Waals surface area (Å²) in [5.41, 5.74) is 0.545. The number of hydrogen-bond donors (Lipinski definition) is 1. The lowest BCUT2D eigenvalue weighted by Crippen LogP contribution is -2.46. The molecule has 0 spiro atoms. The maximum absolute atomic E-state index is 13.0. The van der Waals surface area contributed by atoms with Gasteiger partial charge in [-0.15, -0.1) is 12.4 Å². The summed E-state index contributed by atoms with van der Waals surface area (Å²) in [6.45, 7) is 8.31. The first-order valence-electron chi connectivity index (χ1n) is 9.38. The summed E-state index contributed by atoms with van der Waals surface area (Å²) in [7, 11) is -1.96. The van der Waals surface area contributed by atoms with E-state index in [1.165, 1.54) is 16.4 Å². The van der Waals surface area contributed by atoms with Gasteiger partial charge in [0.2, 0.25) is 10.0 Å². The Labute approximate surface area is 169 Å². The van der Waals surface area contributed by atoms with Crippen LogP contribution in [0.1, 0.15) is 50.4 Å². The minimum absolute atomic E-state index is 0. The highest BCUT2D eigenvalue weighted by atomic mass is 35.5. The summed E-state index contributed by atoms with van der Waals surface area (Å²) < 4.78 is 26.5. The molecule has 0 unspecified atom stereocenters. The van der Waals surface area contributed by atoms with Gasteiger partial charge in [0.1, 0.15) is 0 Å². The standard InChI is InChI=1S/C19H31N3O3S.ClH/c1-5-14-22(17-10-12-20-13-11-17)19(23)16-6-8-18(9-7-16)26(24,25)21(4)15(2)3;/h6-9,15,17,20H,5,10-14H2,1-4H3;1H. The average molecular weight is 418 g/mol. The van der Waals surface area contributed by atoms with E-state index in [1.807, 2.05) is 18.7 Å². The van der Waals surface area contributed by atoms with E-state index in [9.17, 15) is 13.2 Å². The highest BCUT2D eigenvalue weighted by Crippen LogP contribution is 2.20. The van der Waals surface area contributed by atoms with Gasteiger partial charge in [-0.25, -0.2) is 8.42 Å². The maximum atomic E-state index is 13.0. The highest BCUT2D eigenvalue weighted by molar-refractivity contribution is 7.89. The molecular formula is C19H32ClN3O3S. The fourth-order valence-corrected chi connectivity index (χ4v) is 4.56. The predicted molar refractivity (Wildman–Crippen MR) is 111 cm³/mol. The SMILES string of the molecule is CCCN(C(=O)c1ccc(S(=O)(=O)N(C)C(C)C)cc1)C1CCNCC1.Cl. The molecule has 0 radical (unpaired) electrons. The fraction of sp³-hybridized carbons (Fsp3) is 0.632. The van der Waals surface area contributed by atoms with Crippen LogP contribution < -0.4 is 5.32 Å². The van der Waals surface area contributed by atoms with Crippen LogP contribution in [0.5, 0.6) is 0 Å². The summed E-state index contributed by atoms with van der Waals surface area (Å²) in [6, 6.07) is 6.46. The number of hydrogen-bond acceptors (Lipinski definition) is 4. The quantitative estimate of drug-likeness (QED) is 0.740. The Bertz CT molecular complexity index is 701. The van der Waals surface area contributed by atoms with Gasteiger partial charge in [-0.05, 0) is 70.5 Å². The van der Waals surface area contributed by atoms with E-state index in [2.05, 4.69) is 12.2 Å². The van der Waals surface area contributed by atoms with Gasteiger partial charge >= 0.3 is 0 Å². The van der Waals surface area contributed by atoms with Gasteiger partial charge in [-0.1, -0.05) is 6.92 Å². The second-order valence-electron chi connectivity index (χ2n) is 7.12. The van der Waals surface area contributed by atoms with Crippen molar-refractivity contribution in [2.45, 2.75) is 57.0 Å². The van der Waals surface area contributed by atoms with Crippen LogP contribution >= 0.6 is 12.4 Å². The van der Waals surface area contributed by atoms with Crippen LogP contribution in [0.3, 0.4) is 0 Å². The smallest absolute Gasteiger partial charge is 0.254 e. The van der Waals surface area contributed by atoms with E-state index < -0.39 is 10.0 Å². The zero-order chi connectivity index (χ0) is 19.3. The van der Waals surface area contributed by atoms with Crippen LogP contribution in [0.4, 0.5) is 0 Å². The lowest BCUT2D eigenvalue weighted by atomic mass is 10.0. The average Bonchev–Trinajstić information content (AvgIpc) is 2.65. The molecular weight excluding hydrogens is 386 g/mol. The van der Waals surface area contributed by atoms with E-state index in [1.54, 1.807) is 19.2 Å². The molecule has 1 amide bonds. The van der Waals surface area contributed by atoms with E-state index in [-0.39, 0.29) is 35.3 Å². The molecule has 6 nitrogen and oxygen atoms in total. The number of halogens is 1. The van der Waals surface area contributed by atoms with Gasteiger partial charge in [0.05, 0.1) is 4.90 Å². The Kier molecular flexibility index (Phi) is 9.21. The zero-order valence-corrected chi connectivity index (χ0v) is 18.3. The molecule has 0 aromatic heterocycles. The molecule has 2 rings (SSSR count). The Hall–Kier alpha value is -1.15. The molecule has 0 bridgehead atoms. The molecule has 27 heavy (non-hydrogen) atoms. The van der Waals surface area contributed by atoms with Crippen LogP contribution in [0.25, 0.3) is 0 Å². The van der Waals surface area contributed by atoms with Crippen molar-refractivity contribution in [1.82, 2.24) is 14.5 Å². The van der Waals surface area contributed by atoms with Crippen molar-refractivity contribution in [3.8, 4) is 0 Å². The number of sulfonamides is 1. The second-order valence-corrected chi connectivity index (χ2v) is 9.12. The summed E-state index contributed by atoms with van der Waals surface area (Å²) >= 11 is 0. The molecule has 8 heteroatoms. The number of piperidine rings is 1. The predicted octanol–water partition coefficient (Wildman–Crippen LogP) is 2.74. The molecule has 0 atom stereocenters. The maximum Gasteiger partial charge on any atom is 0.254 e. The van der Waals surface area contributed by atoms with Gasteiger partial charge in [0.25, 0.3) is 5.91 Å². The van der Waals surface area contributed by atoms with Crippen molar-refractivity contribution >= 4 is 28.3 Å². The lowest BCUT2D eigenvalue weighted by Gasteiger charge is -2.34. The third kappa shape index (κ3) is 5.67. The molecule has 0 saturated carbocycles. The molecule has 1 fully saturated rings. The van der Waals surface area contributed by atoms with Crippen molar-refractivity contribution in [2.24, 2.45) is 0 Å². The van der Waals surface area contributed by atoms with Crippen LogP contribution in [-0.4, -0.2) is 62.3 Å². The van der Waals surface area contributed by atoms with E-state index >= 15 is 0 Å². The topological polar surface area (TPSA) is 69.7 Å². The minimum atomic E-state index is -3.53. The number of amides is 1. The van der Waals surface area contributed by atoms with Crippen molar-refractivity contribution < 1.29 is 13.2 Å². The van der Waals surface area contributed by atoms with Gasteiger partial charge < -0.3 is 10.2 Å². The Morgan fingerprint density at radius 1 is 1.19 bits per heavy atom. The fourth-order valence-electron chi connectivity index (χ4n) is 3.19. The van der Waals surface area contributed by atoms with Gasteiger partial charge in [0.15, 0.2) is 0 Å². The highest BCUT2D eigenvalue weighted by Gasteiger charge is 2.27. The molecule has 1 aromatic carbocycles. The number of benzene rings is 1. The Morgan fingerprint density at radius 3 is 2.22 bits per heavy atom. The largest absolute Gasteiger partial charge is 0.336 e. The van der Waals surface area contributed by atoms with Gasteiger partial charge in [-0.2, -0.15) is 4.31 Å². The molecule has 1 aromatic rings. The van der Waals surface area contributed by atoms with E-state index in [0.717, 1.165) is 38.9 Å². The summed E-state index contributed by atoms with van der Waals surface area (Å²) in [4.78, 5) is 15.1. The molecule has 1 aliphatic heterocycles. The van der Waals surface area contributed by atoms with Crippen LogP contribution in [-0.2, 0) is 10.0 Å². The molecule has 1 saturated heterocycles. The number of nitrogens with zero attached hydrogens (tertiary/aromatic N) is 2. The number of nitrogens with one attached hydrogen (secondary N) is 1. The molecule has 1 aliphatic rings. The van der Waals surface area contributed by atoms with Crippen LogP contribution in [0.2, 0.25) is 0 Å². The normalized spacial score (nSPS) is 15.6. The Morgan fingerprint density at radius 2 is 1.74 bits per heavy atom. The summed E-state index contributed by atoms with van der Waals surface area (Å²) in [5, 5.41) is 3.32. The van der Waals surface area contributed by atoms with Crippen molar-refractivity contribution in [1.29, 1.82) is 0 Å². The number of carbonyl (C=O) groups excluding carboxylic acids is 1. The van der Waals surface area contributed by atoms with E-state index in [0.29, 0.717) is 5.56 Å². The van der Waals surface area contributed by atoms with Crippen LogP contribution in [0, 0.1) is 0 Å². The van der Waals surface area contributed by atoms with Gasteiger partial charge in [-0.3, -0.25) is 4.79 Å². The first kappa shape index (κ1) is 23.9. The third-order valence-corrected chi connectivity index (χ3v) is 7.03. The molecule has 154 valence electrons. The summed E-state index contributed by atoms with van der Waals surface area (Å²) in [6.07, 6.45) is 2.82. The second kappa shape index (κ2) is 10.4. The third-order valence-electron chi connectivity index (χ3n) is 4.98. The number of carbonyl (C=O) groups is 1. The summed E-state index contributed by atoms with van der Waals surface area (Å²) in [5.74, 6) is -0.0140. The zero-order valence-electron chi connectivity index (χ0n) is 16.6. The van der Waals surface area contributed by atoms with Crippen molar-refractivity contribution in [3.05, 3.63) is 29.8 Å². The van der Waals surface area contributed by atoms with Crippen molar-refractivity contribution in [3.63, 3.8) is 0 Å². The van der Waals surface area contributed by atoms with Crippen LogP contribution in [0.15, 0.2) is 29.2 Å². The first-order chi connectivity index (χ1) is 12.3. The number of rotatable bonds is 7. The lowest BCUT2D eigenvalue weighted by molar-refractivity contribution is 0.0642. The molecule has 1 heterocycles. The minimum Gasteiger partial charge on any atom is -0.336 e. The molecule has 1 N–H and O–H groups in total. The first-order valence-corrected chi connectivity index (χ1v) is 10.8. The van der Waals surface area contributed by atoms with Gasteiger partial charge in [0, 0.05) is 31.2 Å². The molecule has 0 aliphatic carbocycles. The monoisotopic (exact) mass is 417 g/mol.